The lowest BCUT2D eigenvalue weighted by Gasteiger charge is -2.31. The molecule has 1 aromatic heterocycles. The van der Waals surface area contributed by atoms with Crippen LogP contribution in [-0.2, 0) is 9.53 Å². The van der Waals surface area contributed by atoms with Gasteiger partial charge in [0.05, 0.1) is 42.1 Å². The number of benzene rings is 3. The van der Waals surface area contributed by atoms with Gasteiger partial charge in [-0.25, -0.2) is 9.78 Å². The molecule has 0 fully saturated rings. The molecule has 4 aromatic rings. The highest BCUT2D eigenvalue weighted by Crippen LogP contribution is 2.42. The lowest BCUT2D eigenvalue weighted by molar-refractivity contribution is -0.138. The van der Waals surface area contributed by atoms with E-state index in [0.717, 1.165) is 32.8 Å². The summed E-state index contributed by atoms with van der Waals surface area (Å²) in [5.41, 5.74) is 4.86. The van der Waals surface area contributed by atoms with Crippen LogP contribution in [0.15, 0.2) is 83.3 Å². The number of ether oxygens (including phenoxy) is 2. The quantitative estimate of drug-likeness (QED) is 0.285. The van der Waals surface area contributed by atoms with Gasteiger partial charge in [0, 0.05) is 4.90 Å². The summed E-state index contributed by atoms with van der Waals surface area (Å²) in [5, 5.41) is 3.44. The highest BCUT2D eigenvalue weighted by Gasteiger charge is 2.36. The Morgan fingerprint density at radius 2 is 1.79 bits per heavy atom. The van der Waals surface area contributed by atoms with E-state index in [1.165, 1.54) is 0 Å². The van der Waals surface area contributed by atoms with Crippen molar-refractivity contribution in [2.24, 2.45) is 0 Å². The van der Waals surface area contributed by atoms with Crippen molar-refractivity contribution in [2.45, 2.75) is 17.9 Å². The molecule has 3 aromatic carbocycles. The fourth-order valence-electron chi connectivity index (χ4n) is 4.35. The maximum absolute atomic E-state index is 13.5. The third kappa shape index (κ3) is 3.82. The molecule has 0 spiro atoms. The summed E-state index contributed by atoms with van der Waals surface area (Å²) in [6.07, 6.45) is 2.05. The van der Waals surface area contributed by atoms with Gasteiger partial charge in [-0.1, -0.05) is 24.3 Å². The van der Waals surface area contributed by atoms with Gasteiger partial charge in [-0.3, -0.25) is 4.57 Å². The summed E-state index contributed by atoms with van der Waals surface area (Å²) in [5.74, 6) is 1.07. The molecule has 172 valence electrons. The highest BCUT2D eigenvalue weighted by atomic mass is 32.2. The van der Waals surface area contributed by atoms with Gasteiger partial charge in [0.15, 0.2) is 0 Å². The average Bonchev–Trinajstić information content (AvgIpc) is 3.26. The van der Waals surface area contributed by atoms with Crippen LogP contribution in [-0.4, -0.2) is 35.5 Å². The Morgan fingerprint density at radius 3 is 2.47 bits per heavy atom. The number of carbonyl (C=O) groups excluding carboxylic acids is 1. The Kier molecular flexibility index (Phi) is 6.02. The topological polar surface area (TPSA) is 65.4 Å². The van der Waals surface area contributed by atoms with Gasteiger partial charge < -0.3 is 14.8 Å². The van der Waals surface area contributed by atoms with Crippen LogP contribution in [0.5, 0.6) is 5.75 Å². The van der Waals surface area contributed by atoms with E-state index in [9.17, 15) is 4.79 Å². The number of aromatic nitrogens is 2. The monoisotopic (exact) mass is 471 g/mol. The molecule has 0 amide bonds. The molecule has 6 nitrogen and oxygen atoms in total. The normalized spacial score (nSPS) is 15.1. The van der Waals surface area contributed by atoms with Crippen molar-refractivity contribution >= 4 is 40.4 Å². The van der Waals surface area contributed by atoms with Gasteiger partial charge in [-0.05, 0) is 72.8 Å². The van der Waals surface area contributed by atoms with E-state index in [-0.39, 0.29) is 12.6 Å². The van der Waals surface area contributed by atoms with Crippen LogP contribution in [0.1, 0.15) is 24.1 Å². The Morgan fingerprint density at radius 1 is 1.06 bits per heavy atom. The van der Waals surface area contributed by atoms with Crippen LogP contribution < -0.4 is 10.1 Å². The number of para-hydroxylation sites is 2. The van der Waals surface area contributed by atoms with Crippen molar-refractivity contribution in [1.29, 1.82) is 0 Å². The number of carbonyl (C=O) groups is 1. The molecule has 1 atom stereocenters. The average molecular weight is 472 g/mol. The minimum absolute atomic E-state index is 0.286. The number of imidazole rings is 1. The van der Waals surface area contributed by atoms with Crippen molar-refractivity contribution in [2.75, 3.05) is 25.3 Å². The maximum atomic E-state index is 13.5. The molecule has 1 aliphatic heterocycles. The second-order valence-electron chi connectivity index (χ2n) is 7.83. The van der Waals surface area contributed by atoms with Gasteiger partial charge in [0.25, 0.3) is 0 Å². The first-order valence-electron chi connectivity index (χ1n) is 11.1. The van der Waals surface area contributed by atoms with Crippen LogP contribution in [0.25, 0.3) is 16.7 Å². The maximum Gasteiger partial charge on any atom is 0.338 e. The predicted octanol–water partition coefficient (Wildman–Crippen LogP) is 5.76. The molecule has 0 unspecified atom stereocenters. The number of rotatable bonds is 6. The van der Waals surface area contributed by atoms with Gasteiger partial charge >= 0.3 is 5.97 Å². The molecule has 2 heterocycles. The number of methoxy groups -OCH3 is 1. The SMILES string of the molecule is CCOC(=O)C1=C(c2ccc(OC)cc2)Nc2nc3ccccc3n2[C@H]1c1ccc(SC)cc1. The first kappa shape index (κ1) is 22.1. The number of nitrogens with one attached hydrogen (secondary N) is 1. The van der Waals surface area contributed by atoms with Crippen LogP contribution in [0.4, 0.5) is 5.95 Å². The number of anilines is 1. The summed E-state index contributed by atoms with van der Waals surface area (Å²) in [6.45, 7) is 2.11. The molecule has 0 aliphatic carbocycles. The first-order valence-corrected chi connectivity index (χ1v) is 12.3. The number of nitrogens with zero attached hydrogens (tertiary/aromatic N) is 2. The number of hydrogen-bond acceptors (Lipinski definition) is 6. The fourth-order valence-corrected chi connectivity index (χ4v) is 4.76. The molecule has 0 bridgehead atoms. The Balaban J connectivity index is 1.79. The van der Waals surface area contributed by atoms with E-state index in [1.54, 1.807) is 18.9 Å². The summed E-state index contributed by atoms with van der Waals surface area (Å²) in [4.78, 5) is 19.5. The number of fused-ring (bicyclic) bond motifs is 3. The molecule has 34 heavy (non-hydrogen) atoms. The molecule has 1 aliphatic rings. The third-order valence-electron chi connectivity index (χ3n) is 5.94. The number of hydrogen-bond donors (Lipinski definition) is 1. The second-order valence-corrected chi connectivity index (χ2v) is 8.71. The van der Waals surface area contributed by atoms with Gasteiger partial charge in [-0.2, -0.15) is 0 Å². The molecule has 1 N–H and O–H groups in total. The zero-order valence-electron chi connectivity index (χ0n) is 19.2. The largest absolute Gasteiger partial charge is 0.497 e. The van der Waals surface area contributed by atoms with E-state index < -0.39 is 6.04 Å². The third-order valence-corrected chi connectivity index (χ3v) is 6.68. The summed E-state index contributed by atoms with van der Waals surface area (Å²) in [7, 11) is 1.63. The number of esters is 1. The minimum Gasteiger partial charge on any atom is -0.497 e. The minimum atomic E-state index is -0.407. The zero-order valence-corrected chi connectivity index (χ0v) is 20.1. The molecule has 0 saturated heterocycles. The number of thioether (sulfide) groups is 1. The van der Waals surface area contributed by atoms with Gasteiger partial charge in [0.2, 0.25) is 5.95 Å². The van der Waals surface area contributed by atoms with E-state index in [4.69, 9.17) is 14.5 Å². The van der Waals surface area contributed by atoms with Gasteiger partial charge in [0.1, 0.15) is 5.75 Å². The molecular formula is C27H25N3O3S. The zero-order chi connectivity index (χ0) is 23.7. The fraction of sp³-hybridized carbons (Fsp3) is 0.185. The highest BCUT2D eigenvalue weighted by molar-refractivity contribution is 7.98. The lowest BCUT2D eigenvalue weighted by Crippen LogP contribution is -2.29. The summed E-state index contributed by atoms with van der Waals surface area (Å²) >= 11 is 1.68. The Bertz CT molecular complexity index is 1370. The summed E-state index contributed by atoms with van der Waals surface area (Å²) in [6, 6.07) is 23.5. The molecular weight excluding hydrogens is 446 g/mol. The predicted molar refractivity (Wildman–Crippen MR) is 136 cm³/mol. The van der Waals surface area contributed by atoms with Crippen molar-refractivity contribution in [1.82, 2.24) is 9.55 Å². The van der Waals surface area contributed by atoms with Crippen molar-refractivity contribution in [3.8, 4) is 5.75 Å². The molecule has 0 saturated carbocycles. The van der Waals surface area contributed by atoms with Crippen LogP contribution in [0, 0.1) is 0 Å². The summed E-state index contributed by atoms with van der Waals surface area (Å²) < 4.78 is 13.0. The van der Waals surface area contributed by atoms with Crippen molar-refractivity contribution < 1.29 is 14.3 Å². The van der Waals surface area contributed by atoms with E-state index in [1.807, 2.05) is 61.7 Å². The van der Waals surface area contributed by atoms with Crippen molar-refractivity contribution in [3.05, 3.63) is 89.5 Å². The Hall–Kier alpha value is -3.71. The van der Waals surface area contributed by atoms with E-state index in [0.29, 0.717) is 17.2 Å². The second kappa shape index (κ2) is 9.27. The van der Waals surface area contributed by atoms with E-state index in [2.05, 4.69) is 34.1 Å². The first-order chi connectivity index (χ1) is 16.6. The Labute approximate surface area is 202 Å². The van der Waals surface area contributed by atoms with Gasteiger partial charge in [-0.15, -0.1) is 11.8 Å². The molecule has 0 radical (unpaired) electrons. The van der Waals surface area contributed by atoms with Crippen molar-refractivity contribution in [3.63, 3.8) is 0 Å². The van der Waals surface area contributed by atoms with Crippen LogP contribution >= 0.6 is 11.8 Å². The van der Waals surface area contributed by atoms with Crippen LogP contribution in [0.2, 0.25) is 0 Å². The standard InChI is InChI=1S/C27H25N3O3S/c1-4-33-26(31)23-24(17-9-13-19(32-2)14-10-17)29-27-28-21-7-5-6-8-22(21)30(27)25(23)18-11-15-20(34-3)16-12-18/h5-16,25H,4H2,1-3H3,(H,28,29)/t25-/m0/s1. The van der Waals surface area contributed by atoms with Crippen LogP contribution in [0.3, 0.4) is 0 Å². The molecule has 5 rings (SSSR count). The lowest BCUT2D eigenvalue weighted by atomic mass is 9.92. The smallest absolute Gasteiger partial charge is 0.338 e. The molecule has 7 heteroatoms. The van der Waals surface area contributed by atoms with E-state index >= 15 is 0 Å².